The predicted molar refractivity (Wildman–Crippen MR) is 75.6 cm³/mol. The fourth-order valence-electron chi connectivity index (χ4n) is 2.44. The van der Waals surface area contributed by atoms with Crippen molar-refractivity contribution in [2.45, 2.75) is 20.0 Å². The van der Waals surface area contributed by atoms with Gasteiger partial charge in [-0.2, -0.15) is 5.10 Å². The van der Waals surface area contributed by atoms with Gasteiger partial charge in [-0.05, 0) is 37.3 Å². The minimum absolute atomic E-state index is 0.245. The molecule has 110 valence electrons. The van der Waals surface area contributed by atoms with E-state index in [2.05, 4.69) is 10.00 Å². The summed E-state index contributed by atoms with van der Waals surface area (Å²) in [6.45, 7) is 4.19. The second-order valence-electron chi connectivity index (χ2n) is 4.86. The molecule has 0 unspecified atom stereocenters. The Balaban J connectivity index is 1.79. The molecular weight excluding hydrogens is 273 g/mol. The van der Waals surface area contributed by atoms with Crippen molar-refractivity contribution in [2.75, 3.05) is 18.1 Å². The van der Waals surface area contributed by atoms with E-state index in [0.717, 1.165) is 17.9 Å². The zero-order valence-corrected chi connectivity index (χ0v) is 11.8. The van der Waals surface area contributed by atoms with Gasteiger partial charge < -0.3 is 9.64 Å². The van der Waals surface area contributed by atoms with Gasteiger partial charge in [0.25, 0.3) is 0 Å². The molecular formula is C15H16FN3O2. The topological polar surface area (TPSA) is 47.4 Å². The zero-order valence-electron chi connectivity index (χ0n) is 11.8. The van der Waals surface area contributed by atoms with Gasteiger partial charge in [-0.1, -0.05) is 0 Å². The maximum absolute atomic E-state index is 13.0. The Morgan fingerprint density at radius 3 is 2.81 bits per heavy atom. The Labute approximate surface area is 121 Å². The number of fused-ring (bicyclic) bond motifs is 1. The number of esters is 1. The zero-order chi connectivity index (χ0) is 14.8. The third-order valence-electron chi connectivity index (χ3n) is 3.47. The molecule has 1 aromatic heterocycles. The van der Waals surface area contributed by atoms with E-state index >= 15 is 0 Å². The summed E-state index contributed by atoms with van der Waals surface area (Å²) in [7, 11) is 0. The molecule has 0 spiro atoms. The van der Waals surface area contributed by atoms with Crippen LogP contribution in [0, 0.1) is 5.82 Å². The number of hydrogen-bond donors (Lipinski definition) is 0. The molecule has 1 aliphatic heterocycles. The summed E-state index contributed by atoms with van der Waals surface area (Å²) in [6.07, 6.45) is 0. The van der Waals surface area contributed by atoms with Crippen LogP contribution in [0.25, 0.3) is 0 Å². The molecule has 0 fully saturated rings. The highest BCUT2D eigenvalue weighted by atomic mass is 19.1. The van der Waals surface area contributed by atoms with Gasteiger partial charge >= 0.3 is 5.97 Å². The lowest BCUT2D eigenvalue weighted by atomic mass is 10.2. The van der Waals surface area contributed by atoms with E-state index in [0.29, 0.717) is 25.4 Å². The maximum Gasteiger partial charge on any atom is 0.358 e. The SMILES string of the molecule is CCOC(=O)c1cc2n(n1)CCN(c1ccc(F)cc1)C2. The minimum Gasteiger partial charge on any atom is -0.461 e. The number of hydrogen-bond acceptors (Lipinski definition) is 4. The van der Waals surface area contributed by atoms with Crippen molar-refractivity contribution in [3.8, 4) is 0 Å². The molecule has 0 bridgehead atoms. The summed E-state index contributed by atoms with van der Waals surface area (Å²) in [5.41, 5.74) is 2.25. The highest BCUT2D eigenvalue weighted by Crippen LogP contribution is 2.21. The Hall–Kier alpha value is -2.37. The van der Waals surface area contributed by atoms with Gasteiger partial charge in [0.05, 0.1) is 25.4 Å². The molecule has 1 aliphatic rings. The quantitative estimate of drug-likeness (QED) is 0.813. The monoisotopic (exact) mass is 289 g/mol. The summed E-state index contributed by atoms with van der Waals surface area (Å²) < 4.78 is 19.8. The summed E-state index contributed by atoms with van der Waals surface area (Å²) in [5, 5.41) is 4.27. The fraction of sp³-hybridized carbons (Fsp3) is 0.333. The first-order valence-electron chi connectivity index (χ1n) is 6.91. The number of carbonyl (C=O) groups is 1. The predicted octanol–water partition coefficient (Wildman–Crippen LogP) is 2.22. The van der Waals surface area contributed by atoms with Crippen LogP contribution in [-0.4, -0.2) is 28.9 Å². The van der Waals surface area contributed by atoms with Crippen LogP contribution in [0.3, 0.4) is 0 Å². The molecule has 0 saturated heterocycles. The van der Waals surface area contributed by atoms with Crippen molar-refractivity contribution in [1.82, 2.24) is 9.78 Å². The largest absolute Gasteiger partial charge is 0.461 e. The summed E-state index contributed by atoms with van der Waals surface area (Å²) in [6, 6.07) is 8.17. The van der Waals surface area contributed by atoms with Crippen molar-refractivity contribution in [3.05, 3.63) is 47.5 Å². The smallest absolute Gasteiger partial charge is 0.358 e. The van der Waals surface area contributed by atoms with Gasteiger partial charge in [0, 0.05) is 12.2 Å². The van der Waals surface area contributed by atoms with Crippen molar-refractivity contribution in [3.63, 3.8) is 0 Å². The highest BCUT2D eigenvalue weighted by molar-refractivity contribution is 5.87. The van der Waals surface area contributed by atoms with E-state index in [1.807, 2.05) is 4.68 Å². The lowest BCUT2D eigenvalue weighted by molar-refractivity contribution is 0.0518. The molecule has 5 nitrogen and oxygen atoms in total. The van der Waals surface area contributed by atoms with E-state index in [4.69, 9.17) is 4.74 Å². The normalized spacial score (nSPS) is 13.9. The Morgan fingerprint density at radius 2 is 2.10 bits per heavy atom. The van der Waals surface area contributed by atoms with E-state index in [-0.39, 0.29) is 5.82 Å². The van der Waals surface area contributed by atoms with Crippen molar-refractivity contribution < 1.29 is 13.9 Å². The number of benzene rings is 1. The number of halogens is 1. The molecule has 1 aromatic carbocycles. The first-order valence-corrected chi connectivity index (χ1v) is 6.91. The molecule has 3 rings (SSSR count). The number of carbonyl (C=O) groups excluding carboxylic acids is 1. The summed E-state index contributed by atoms with van der Waals surface area (Å²) >= 11 is 0. The fourth-order valence-corrected chi connectivity index (χ4v) is 2.44. The van der Waals surface area contributed by atoms with Gasteiger partial charge in [-0.3, -0.25) is 4.68 Å². The summed E-state index contributed by atoms with van der Waals surface area (Å²) in [4.78, 5) is 13.8. The van der Waals surface area contributed by atoms with Crippen LogP contribution in [0.4, 0.5) is 10.1 Å². The molecule has 21 heavy (non-hydrogen) atoms. The van der Waals surface area contributed by atoms with Gasteiger partial charge in [0.15, 0.2) is 5.69 Å². The second kappa shape index (κ2) is 5.55. The van der Waals surface area contributed by atoms with Crippen molar-refractivity contribution in [1.29, 1.82) is 0 Å². The first-order chi connectivity index (χ1) is 10.2. The Bertz CT molecular complexity index is 651. The maximum atomic E-state index is 13.0. The van der Waals surface area contributed by atoms with E-state index < -0.39 is 5.97 Å². The Morgan fingerprint density at radius 1 is 1.33 bits per heavy atom. The second-order valence-corrected chi connectivity index (χ2v) is 4.86. The van der Waals surface area contributed by atoms with E-state index in [9.17, 15) is 9.18 Å². The number of aromatic nitrogens is 2. The average molecular weight is 289 g/mol. The van der Waals surface area contributed by atoms with Crippen molar-refractivity contribution in [2.24, 2.45) is 0 Å². The van der Waals surface area contributed by atoms with Gasteiger partial charge in [0.2, 0.25) is 0 Å². The first kappa shape index (κ1) is 13.6. The standard InChI is InChI=1S/C15H16FN3O2/c1-2-21-15(20)14-9-13-10-18(7-8-19(13)17-14)12-5-3-11(16)4-6-12/h3-6,9H,2,7-8,10H2,1H3. The van der Waals surface area contributed by atoms with Gasteiger partial charge in [-0.15, -0.1) is 0 Å². The molecule has 0 amide bonds. The van der Waals surface area contributed by atoms with Crippen LogP contribution < -0.4 is 4.90 Å². The van der Waals surface area contributed by atoms with Crippen LogP contribution in [0.2, 0.25) is 0 Å². The van der Waals surface area contributed by atoms with Crippen LogP contribution in [0.15, 0.2) is 30.3 Å². The number of anilines is 1. The van der Waals surface area contributed by atoms with Crippen LogP contribution in [0.1, 0.15) is 23.1 Å². The third kappa shape index (κ3) is 2.74. The Kier molecular flexibility index (Phi) is 3.60. The lowest BCUT2D eigenvalue weighted by Crippen LogP contribution is -2.33. The van der Waals surface area contributed by atoms with Crippen LogP contribution >= 0.6 is 0 Å². The number of ether oxygens (including phenoxy) is 1. The molecule has 0 atom stereocenters. The molecule has 2 aromatic rings. The van der Waals surface area contributed by atoms with E-state index in [1.165, 1.54) is 12.1 Å². The van der Waals surface area contributed by atoms with Gasteiger partial charge in [-0.25, -0.2) is 9.18 Å². The molecule has 0 N–H and O–H groups in total. The highest BCUT2D eigenvalue weighted by Gasteiger charge is 2.21. The number of rotatable bonds is 3. The van der Waals surface area contributed by atoms with Crippen LogP contribution in [0.5, 0.6) is 0 Å². The van der Waals surface area contributed by atoms with E-state index in [1.54, 1.807) is 25.1 Å². The lowest BCUT2D eigenvalue weighted by Gasteiger charge is -2.29. The minimum atomic E-state index is -0.396. The molecule has 2 heterocycles. The van der Waals surface area contributed by atoms with Gasteiger partial charge in [0.1, 0.15) is 5.82 Å². The average Bonchev–Trinajstić information content (AvgIpc) is 2.91. The summed E-state index contributed by atoms with van der Waals surface area (Å²) in [5.74, 6) is -0.641. The molecule has 0 aliphatic carbocycles. The molecule has 0 saturated carbocycles. The third-order valence-corrected chi connectivity index (χ3v) is 3.47. The van der Waals surface area contributed by atoms with Crippen molar-refractivity contribution >= 4 is 11.7 Å². The number of nitrogens with zero attached hydrogens (tertiary/aromatic N) is 3. The van der Waals surface area contributed by atoms with Crippen LogP contribution in [-0.2, 0) is 17.8 Å². The molecule has 0 radical (unpaired) electrons. The molecule has 6 heteroatoms.